The number of hydrogen-bond donors (Lipinski definition) is 0. The van der Waals surface area contributed by atoms with Gasteiger partial charge in [-0.05, 0) is 32.9 Å². The zero-order chi connectivity index (χ0) is 14.2. The number of aromatic nitrogens is 1. The second-order valence-electron chi connectivity index (χ2n) is 4.41. The summed E-state index contributed by atoms with van der Waals surface area (Å²) in [5, 5.41) is 20.0. The monoisotopic (exact) mass is 255 g/mol. The van der Waals surface area contributed by atoms with Crippen LogP contribution < -0.4 is 0 Å². The highest BCUT2D eigenvalue weighted by molar-refractivity contribution is 5.56. The second-order valence-corrected chi connectivity index (χ2v) is 4.41. The lowest BCUT2D eigenvalue weighted by molar-refractivity contribution is -0.385. The normalized spacial score (nSPS) is 10.2. The van der Waals surface area contributed by atoms with E-state index in [4.69, 9.17) is 5.26 Å². The smallest absolute Gasteiger partial charge is 0.274 e. The Kier molecular flexibility index (Phi) is 3.09. The van der Waals surface area contributed by atoms with E-state index in [1.807, 2.05) is 24.5 Å². The Hall–Kier alpha value is -2.61. The van der Waals surface area contributed by atoms with Crippen LogP contribution in [0.2, 0.25) is 0 Å². The van der Waals surface area contributed by atoms with E-state index >= 15 is 0 Å². The fourth-order valence-electron chi connectivity index (χ4n) is 2.30. The zero-order valence-corrected chi connectivity index (χ0v) is 11.0. The highest BCUT2D eigenvalue weighted by Gasteiger charge is 2.17. The van der Waals surface area contributed by atoms with Crippen molar-refractivity contribution in [2.75, 3.05) is 0 Å². The molecule has 1 aromatic carbocycles. The van der Waals surface area contributed by atoms with Gasteiger partial charge in [-0.1, -0.05) is 6.07 Å². The fourth-order valence-corrected chi connectivity index (χ4v) is 2.30. The minimum Gasteiger partial charge on any atom is -0.317 e. The third-order valence-electron chi connectivity index (χ3n) is 3.27. The minimum atomic E-state index is -0.391. The summed E-state index contributed by atoms with van der Waals surface area (Å²) in [7, 11) is 0. The molecule has 0 saturated carbocycles. The van der Waals surface area contributed by atoms with Crippen LogP contribution in [0.4, 0.5) is 5.69 Å². The Balaban J connectivity index is 2.74. The van der Waals surface area contributed by atoms with E-state index in [1.165, 1.54) is 6.07 Å². The van der Waals surface area contributed by atoms with E-state index in [-0.39, 0.29) is 5.69 Å². The summed E-state index contributed by atoms with van der Waals surface area (Å²) in [4.78, 5) is 10.6. The van der Waals surface area contributed by atoms with Crippen molar-refractivity contribution in [2.45, 2.75) is 20.8 Å². The van der Waals surface area contributed by atoms with Gasteiger partial charge >= 0.3 is 0 Å². The number of nitriles is 1. The van der Waals surface area contributed by atoms with Crippen LogP contribution in [0.1, 0.15) is 22.5 Å². The average Bonchev–Trinajstić information content (AvgIpc) is 2.65. The molecule has 2 aromatic rings. The van der Waals surface area contributed by atoms with Crippen LogP contribution in [-0.4, -0.2) is 9.49 Å². The molecular weight excluding hydrogens is 242 g/mol. The summed E-state index contributed by atoms with van der Waals surface area (Å²) in [5.74, 6) is 0. The Labute approximate surface area is 110 Å². The van der Waals surface area contributed by atoms with Gasteiger partial charge in [0.2, 0.25) is 0 Å². The van der Waals surface area contributed by atoms with Gasteiger partial charge < -0.3 is 4.57 Å². The number of aryl methyl sites for hydroxylation is 1. The van der Waals surface area contributed by atoms with Crippen LogP contribution in [0.25, 0.3) is 5.69 Å². The molecule has 0 aliphatic heterocycles. The van der Waals surface area contributed by atoms with E-state index in [2.05, 4.69) is 6.07 Å². The van der Waals surface area contributed by atoms with E-state index in [1.54, 1.807) is 19.1 Å². The van der Waals surface area contributed by atoms with Gasteiger partial charge in [0.25, 0.3) is 5.69 Å². The molecule has 0 atom stereocenters. The Morgan fingerprint density at radius 2 is 2.00 bits per heavy atom. The highest BCUT2D eigenvalue weighted by Crippen LogP contribution is 2.28. The molecule has 1 aromatic heterocycles. The summed E-state index contributed by atoms with van der Waals surface area (Å²) in [5.41, 5.74) is 3.69. The highest BCUT2D eigenvalue weighted by atomic mass is 16.6. The maximum Gasteiger partial charge on any atom is 0.274 e. The van der Waals surface area contributed by atoms with Gasteiger partial charge in [0, 0.05) is 17.5 Å². The van der Waals surface area contributed by atoms with E-state index < -0.39 is 4.92 Å². The predicted molar refractivity (Wildman–Crippen MR) is 71.3 cm³/mol. The average molecular weight is 255 g/mol. The van der Waals surface area contributed by atoms with E-state index in [0.717, 1.165) is 17.1 Å². The van der Waals surface area contributed by atoms with Crippen molar-refractivity contribution in [3.63, 3.8) is 0 Å². The molecule has 0 fully saturated rings. The largest absolute Gasteiger partial charge is 0.317 e. The molecule has 0 unspecified atom stereocenters. The van der Waals surface area contributed by atoms with Gasteiger partial charge in [-0.3, -0.25) is 10.1 Å². The van der Waals surface area contributed by atoms with Gasteiger partial charge in [0.05, 0.1) is 21.7 Å². The predicted octanol–water partition coefficient (Wildman–Crippen LogP) is 3.18. The quantitative estimate of drug-likeness (QED) is 0.611. The number of nitro benzene ring substituents is 1. The van der Waals surface area contributed by atoms with Crippen LogP contribution in [0.5, 0.6) is 0 Å². The standard InChI is InChI=1S/C14H13N3O2/c1-9-7-12(8-15)11(3)16(9)13-5-4-6-14(10(13)2)17(18)19/h4-7H,1-3H3. The summed E-state index contributed by atoms with van der Waals surface area (Å²) in [6.45, 7) is 5.44. The number of hydrogen-bond acceptors (Lipinski definition) is 3. The molecule has 0 aliphatic rings. The number of nitrogens with zero attached hydrogens (tertiary/aromatic N) is 3. The lowest BCUT2D eigenvalue weighted by atomic mass is 10.1. The molecule has 5 heteroatoms. The Bertz CT molecular complexity index is 708. The maximum atomic E-state index is 11.0. The molecule has 1 heterocycles. The van der Waals surface area contributed by atoms with Crippen molar-refractivity contribution in [1.29, 1.82) is 5.26 Å². The third kappa shape index (κ3) is 1.97. The van der Waals surface area contributed by atoms with Crippen molar-refractivity contribution in [1.82, 2.24) is 4.57 Å². The first-order valence-corrected chi connectivity index (χ1v) is 5.80. The van der Waals surface area contributed by atoms with Gasteiger partial charge in [0.1, 0.15) is 6.07 Å². The molecule has 0 N–H and O–H groups in total. The molecule has 0 bridgehead atoms. The molecule has 0 radical (unpaired) electrons. The van der Waals surface area contributed by atoms with E-state index in [9.17, 15) is 10.1 Å². The van der Waals surface area contributed by atoms with Crippen LogP contribution in [-0.2, 0) is 0 Å². The van der Waals surface area contributed by atoms with Crippen LogP contribution in [0, 0.1) is 42.2 Å². The first kappa shape index (κ1) is 12.8. The Morgan fingerprint density at radius 3 is 2.53 bits per heavy atom. The van der Waals surface area contributed by atoms with Crippen molar-refractivity contribution >= 4 is 5.69 Å². The first-order valence-electron chi connectivity index (χ1n) is 5.80. The van der Waals surface area contributed by atoms with Crippen molar-refractivity contribution < 1.29 is 4.92 Å². The summed E-state index contributed by atoms with van der Waals surface area (Å²) < 4.78 is 1.88. The molecule has 2 rings (SSSR count). The molecule has 0 spiro atoms. The first-order chi connectivity index (χ1) is 8.97. The third-order valence-corrected chi connectivity index (χ3v) is 3.27. The summed E-state index contributed by atoms with van der Waals surface area (Å²) in [6.07, 6.45) is 0. The molecule has 0 saturated heterocycles. The van der Waals surface area contributed by atoms with Gasteiger partial charge in [-0.15, -0.1) is 0 Å². The fraction of sp³-hybridized carbons (Fsp3) is 0.214. The minimum absolute atomic E-state index is 0.0866. The molecular formula is C14H13N3O2. The van der Waals surface area contributed by atoms with Crippen LogP contribution in [0.3, 0.4) is 0 Å². The molecule has 19 heavy (non-hydrogen) atoms. The van der Waals surface area contributed by atoms with Crippen LogP contribution in [0.15, 0.2) is 24.3 Å². The van der Waals surface area contributed by atoms with Crippen molar-refractivity contribution in [3.05, 3.63) is 56.9 Å². The lowest BCUT2D eigenvalue weighted by Crippen LogP contribution is -2.03. The number of nitro groups is 1. The second kappa shape index (κ2) is 4.58. The summed E-state index contributed by atoms with van der Waals surface area (Å²) in [6, 6.07) is 8.88. The van der Waals surface area contributed by atoms with Crippen molar-refractivity contribution in [2.24, 2.45) is 0 Å². The summed E-state index contributed by atoms with van der Waals surface area (Å²) >= 11 is 0. The van der Waals surface area contributed by atoms with Crippen molar-refractivity contribution in [3.8, 4) is 11.8 Å². The number of rotatable bonds is 2. The van der Waals surface area contributed by atoms with Gasteiger partial charge in [0.15, 0.2) is 0 Å². The molecule has 0 amide bonds. The molecule has 96 valence electrons. The van der Waals surface area contributed by atoms with Gasteiger partial charge in [-0.2, -0.15) is 5.26 Å². The van der Waals surface area contributed by atoms with Crippen LogP contribution >= 0.6 is 0 Å². The topological polar surface area (TPSA) is 71.9 Å². The van der Waals surface area contributed by atoms with E-state index in [0.29, 0.717) is 11.1 Å². The SMILES string of the molecule is Cc1c(-n2c(C)cc(C#N)c2C)cccc1[N+](=O)[O-]. The maximum absolute atomic E-state index is 11.0. The van der Waals surface area contributed by atoms with Gasteiger partial charge in [-0.25, -0.2) is 0 Å². The molecule has 5 nitrogen and oxygen atoms in total. The molecule has 0 aliphatic carbocycles. The Morgan fingerprint density at radius 1 is 1.32 bits per heavy atom. The zero-order valence-electron chi connectivity index (χ0n) is 11.0. The number of benzene rings is 1. The lowest BCUT2D eigenvalue weighted by Gasteiger charge is -2.12.